The van der Waals surface area contributed by atoms with Gasteiger partial charge < -0.3 is 15.8 Å². The summed E-state index contributed by atoms with van der Waals surface area (Å²) in [4.78, 5) is 11.7. The van der Waals surface area contributed by atoms with Gasteiger partial charge in [-0.1, -0.05) is 6.92 Å². The lowest BCUT2D eigenvalue weighted by Crippen LogP contribution is -2.48. The molecule has 4 heteroatoms. The number of anilines is 1. The van der Waals surface area contributed by atoms with Crippen LogP contribution in [0.5, 0.6) is 5.75 Å². The largest absolute Gasteiger partial charge is 0.497 e. The zero-order valence-electron chi connectivity index (χ0n) is 10.9. The van der Waals surface area contributed by atoms with Crippen LogP contribution in [0.15, 0.2) is 24.3 Å². The summed E-state index contributed by atoms with van der Waals surface area (Å²) >= 11 is 0. The van der Waals surface area contributed by atoms with E-state index in [1.807, 2.05) is 24.3 Å². The third-order valence-corrected chi connectivity index (χ3v) is 3.71. The monoisotopic (exact) mass is 248 g/mol. The molecule has 0 heterocycles. The molecule has 2 atom stereocenters. The predicted molar refractivity (Wildman–Crippen MR) is 71.6 cm³/mol. The summed E-state index contributed by atoms with van der Waals surface area (Å²) in [6, 6.07) is 7.56. The summed E-state index contributed by atoms with van der Waals surface area (Å²) in [5, 5.41) is 3.31. The van der Waals surface area contributed by atoms with Gasteiger partial charge in [-0.05, 0) is 49.4 Å². The highest BCUT2D eigenvalue weighted by atomic mass is 16.5. The minimum atomic E-state index is -0.589. The van der Waals surface area contributed by atoms with Crippen LogP contribution >= 0.6 is 0 Å². The second-order valence-corrected chi connectivity index (χ2v) is 5.15. The molecule has 0 saturated heterocycles. The van der Waals surface area contributed by atoms with E-state index in [1.165, 1.54) is 0 Å². The van der Waals surface area contributed by atoms with Gasteiger partial charge >= 0.3 is 0 Å². The lowest BCUT2D eigenvalue weighted by molar-refractivity contribution is -0.122. The molecule has 1 aliphatic rings. The molecule has 1 amide bonds. The number of methoxy groups -OCH3 is 1. The lowest BCUT2D eigenvalue weighted by atomic mass is 9.95. The highest BCUT2D eigenvalue weighted by Crippen LogP contribution is 2.37. The lowest BCUT2D eigenvalue weighted by Gasteiger charge is -2.28. The summed E-state index contributed by atoms with van der Waals surface area (Å²) in [5.74, 6) is 1.07. The fourth-order valence-corrected chi connectivity index (χ4v) is 2.64. The van der Waals surface area contributed by atoms with Crippen molar-refractivity contribution in [3.05, 3.63) is 24.3 Å². The third-order valence-electron chi connectivity index (χ3n) is 3.71. The van der Waals surface area contributed by atoms with Gasteiger partial charge in [0.15, 0.2) is 0 Å². The van der Waals surface area contributed by atoms with E-state index in [2.05, 4.69) is 12.2 Å². The van der Waals surface area contributed by atoms with Crippen molar-refractivity contribution < 1.29 is 9.53 Å². The van der Waals surface area contributed by atoms with Crippen LogP contribution in [-0.2, 0) is 4.79 Å². The first-order valence-electron chi connectivity index (χ1n) is 6.28. The molecule has 2 rings (SSSR count). The summed E-state index contributed by atoms with van der Waals surface area (Å²) in [6.07, 6.45) is 2.63. The van der Waals surface area contributed by atoms with E-state index >= 15 is 0 Å². The van der Waals surface area contributed by atoms with Crippen molar-refractivity contribution in [1.29, 1.82) is 0 Å². The molecular weight excluding hydrogens is 228 g/mol. The highest BCUT2D eigenvalue weighted by Gasteiger charge is 2.42. The van der Waals surface area contributed by atoms with Gasteiger partial charge in [-0.25, -0.2) is 0 Å². The smallest absolute Gasteiger partial charge is 0.243 e. The fourth-order valence-electron chi connectivity index (χ4n) is 2.64. The van der Waals surface area contributed by atoms with Crippen molar-refractivity contribution in [1.82, 2.24) is 0 Å². The standard InChI is InChI=1S/C14H20N2O2/c1-10-7-8-14(9-10,13(15)17)16-11-3-5-12(18-2)6-4-11/h3-6,10,16H,7-9H2,1-2H3,(H2,15,17). The van der Waals surface area contributed by atoms with E-state index < -0.39 is 5.54 Å². The van der Waals surface area contributed by atoms with Crippen LogP contribution in [0, 0.1) is 5.92 Å². The van der Waals surface area contributed by atoms with E-state index in [1.54, 1.807) is 7.11 Å². The van der Waals surface area contributed by atoms with E-state index in [0.29, 0.717) is 5.92 Å². The van der Waals surface area contributed by atoms with Gasteiger partial charge in [0.25, 0.3) is 0 Å². The fraction of sp³-hybridized carbons (Fsp3) is 0.500. The second-order valence-electron chi connectivity index (χ2n) is 5.15. The Balaban J connectivity index is 2.16. The number of rotatable bonds is 4. The van der Waals surface area contributed by atoms with Gasteiger partial charge in [0, 0.05) is 5.69 Å². The number of nitrogens with two attached hydrogens (primary N) is 1. The Kier molecular flexibility index (Phi) is 3.45. The topological polar surface area (TPSA) is 64.3 Å². The van der Waals surface area contributed by atoms with Gasteiger partial charge in [0.2, 0.25) is 5.91 Å². The first-order chi connectivity index (χ1) is 8.55. The van der Waals surface area contributed by atoms with Crippen molar-refractivity contribution in [3.63, 3.8) is 0 Å². The number of hydrogen-bond acceptors (Lipinski definition) is 3. The van der Waals surface area contributed by atoms with Crippen molar-refractivity contribution in [2.24, 2.45) is 11.7 Å². The van der Waals surface area contributed by atoms with E-state index in [9.17, 15) is 4.79 Å². The minimum Gasteiger partial charge on any atom is -0.497 e. The first-order valence-corrected chi connectivity index (χ1v) is 6.28. The molecule has 1 fully saturated rings. The van der Waals surface area contributed by atoms with Crippen molar-refractivity contribution in [3.8, 4) is 5.75 Å². The van der Waals surface area contributed by atoms with Gasteiger partial charge in [-0.15, -0.1) is 0 Å². The predicted octanol–water partition coefficient (Wildman–Crippen LogP) is 2.15. The van der Waals surface area contributed by atoms with Crippen molar-refractivity contribution >= 4 is 11.6 Å². The van der Waals surface area contributed by atoms with Crippen LogP contribution in [0.4, 0.5) is 5.69 Å². The Morgan fingerprint density at radius 3 is 2.56 bits per heavy atom. The zero-order chi connectivity index (χ0) is 13.2. The zero-order valence-corrected chi connectivity index (χ0v) is 10.9. The molecule has 1 aromatic carbocycles. The number of nitrogens with one attached hydrogen (secondary N) is 1. The molecule has 3 N–H and O–H groups in total. The van der Waals surface area contributed by atoms with Crippen LogP contribution in [0.25, 0.3) is 0 Å². The molecule has 2 unspecified atom stereocenters. The Morgan fingerprint density at radius 2 is 2.11 bits per heavy atom. The van der Waals surface area contributed by atoms with Crippen LogP contribution in [0.2, 0.25) is 0 Å². The van der Waals surface area contributed by atoms with E-state index in [4.69, 9.17) is 10.5 Å². The second kappa shape index (κ2) is 4.88. The van der Waals surface area contributed by atoms with Gasteiger partial charge in [-0.3, -0.25) is 4.79 Å². The molecule has 0 aromatic heterocycles. The normalized spacial score (nSPS) is 26.9. The van der Waals surface area contributed by atoms with Crippen LogP contribution in [0.1, 0.15) is 26.2 Å². The van der Waals surface area contributed by atoms with E-state index in [-0.39, 0.29) is 5.91 Å². The number of hydrogen-bond donors (Lipinski definition) is 2. The molecule has 0 bridgehead atoms. The maximum absolute atomic E-state index is 11.7. The molecule has 1 saturated carbocycles. The number of carbonyl (C=O) groups is 1. The molecule has 1 aromatic rings. The molecule has 4 nitrogen and oxygen atoms in total. The maximum atomic E-state index is 11.7. The van der Waals surface area contributed by atoms with Crippen molar-refractivity contribution in [2.75, 3.05) is 12.4 Å². The molecule has 1 aliphatic carbocycles. The summed E-state index contributed by atoms with van der Waals surface area (Å²) < 4.78 is 5.11. The third kappa shape index (κ3) is 2.42. The molecule has 0 radical (unpaired) electrons. The molecule has 18 heavy (non-hydrogen) atoms. The Bertz CT molecular complexity index is 430. The average Bonchev–Trinajstić information content (AvgIpc) is 2.73. The minimum absolute atomic E-state index is 0.261. The van der Waals surface area contributed by atoms with Gasteiger partial charge in [0.05, 0.1) is 7.11 Å². The number of ether oxygens (including phenoxy) is 1. The average molecular weight is 248 g/mol. The summed E-state index contributed by atoms with van der Waals surface area (Å²) in [5.41, 5.74) is 5.89. The van der Waals surface area contributed by atoms with Crippen LogP contribution in [-0.4, -0.2) is 18.6 Å². The van der Waals surface area contributed by atoms with Crippen LogP contribution in [0.3, 0.4) is 0 Å². The summed E-state index contributed by atoms with van der Waals surface area (Å²) in [6.45, 7) is 2.15. The van der Waals surface area contributed by atoms with Gasteiger partial charge in [0.1, 0.15) is 11.3 Å². The SMILES string of the molecule is COc1ccc(NC2(C(N)=O)CCC(C)C2)cc1. The first kappa shape index (κ1) is 12.7. The Labute approximate surface area is 108 Å². The number of benzene rings is 1. The quantitative estimate of drug-likeness (QED) is 0.858. The van der Waals surface area contributed by atoms with Crippen molar-refractivity contribution in [2.45, 2.75) is 31.7 Å². The Hall–Kier alpha value is -1.71. The highest BCUT2D eigenvalue weighted by molar-refractivity contribution is 5.88. The molecular formula is C14H20N2O2. The van der Waals surface area contributed by atoms with Crippen LogP contribution < -0.4 is 15.8 Å². The molecule has 98 valence electrons. The number of amides is 1. The molecule has 0 aliphatic heterocycles. The molecule has 0 spiro atoms. The number of primary amides is 1. The summed E-state index contributed by atoms with van der Waals surface area (Å²) in [7, 11) is 1.63. The van der Waals surface area contributed by atoms with Gasteiger partial charge in [-0.2, -0.15) is 0 Å². The Morgan fingerprint density at radius 1 is 1.44 bits per heavy atom. The number of carbonyl (C=O) groups excluding carboxylic acids is 1. The van der Waals surface area contributed by atoms with E-state index in [0.717, 1.165) is 30.7 Å². The maximum Gasteiger partial charge on any atom is 0.243 e.